The maximum absolute atomic E-state index is 13.7. The van der Waals surface area contributed by atoms with Crippen molar-refractivity contribution >= 4 is 5.91 Å². The Morgan fingerprint density at radius 2 is 1.49 bits per heavy atom. The molecule has 0 aromatic carbocycles. The molecule has 0 N–H and O–H groups in total. The van der Waals surface area contributed by atoms with Gasteiger partial charge in [-0.3, -0.25) is 14.6 Å². The number of rotatable bonds is 9. The molecule has 1 heterocycles. The van der Waals surface area contributed by atoms with Gasteiger partial charge >= 0.3 is 12.4 Å². The van der Waals surface area contributed by atoms with Gasteiger partial charge in [-0.1, -0.05) is 19.3 Å². The Labute approximate surface area is 216 Å². The second-order valence-corrected chi connectivity index (χ2v) is 11.3. The minimum Gasteiger partial charge on any atom is -0.383 e. The van der Waals surface area contributed by atoms with E-state index in [0.717, 1.165) is 64.8 Å². The number of carbonyl (C=O) groups is 1. The summed E-state index contributed by atoms with van der Waals surface area (Å²) in [6.07, 6.45) is -5.36. The van der Waals surface area contributed by atoms with Crippen LogP contribution in [0.4, 0.5) is 26.3 Å². The molecule has 5 nitrogen and oxygen atoms in total. The number of amides is 1. The van der Waals surface area contributed by atoms with Crippen LogP contribution in [-0.2, 0) is 9.53 Å². The van der Waals surface area contributed by atoms with Crippen LogP contribution in [0, 0.1) is 23.7 Å². The SMILES string of the molecule is COCCN1CCN(C(C(=O)N(C)CCC2CC(C(F)(F)F)CC(C(F)(F)F)C2)C2CCCCC2)CC1. The summed E-state index contributed by atoms with van der Waals surface area (Å²) in [4.78, 5) is 19.8. The molecule has 3 atom stereocenters. The van der Waals surface area contributed by atoms with Gasteiger partial charge in [-0.05, 0) is 50.4 Å². The molecule has 0 radical (unpaired) electrons. The van der Waals surface area contributed by atoms with Crippen molar-refractivity contribution in [3.8, 4) is 0 Å². The van der Waals surface area contributed by atoms with Gasteiger partial charge in [0, 0.05) is 53.4 Å². The molecule has 1 amide bonds. The molecule has 11 heteroatoms. The number of nitrogens with zero attached hydrogens (tertiary/aromatic N) is 3. The van der Waals surface area contributed by atoms with Crippen LogP contribution in [-0.4, -0.2) is 99.0 Å². The fourth-order valence-corrected chi connectivity index (χ4v) is 6.51. The van der Waals surface area contributed by atoms with Crippen molar-refractivity contribution in [2.24, 2.45) is 23.7 Å². The zero-order chi connectivity index (χ0) is 27.2. The molecule has 0 spiro atoms. The highest BCUT2D eigenvalue weighted by atomic mass is 19.4. The van der Waals surface area contributed by atoms with E-state index < -0.39 is 36.5 Å². The molecule has 0 bridgehead atoms. The van der Waals surface area contributed by atoms with Crippen molar-refractivity contribution in [2.75, 3.05) is 60.0 Å². The van der Waals surface area contributed by atoms with Gasteiger partial charge in [0.05, 0.1) is 24.5 Å². The Morgan fingerprint density at radius 1 is 0.919 bits per heavy atom. The van der Waals surface area contributed by atoms with Crippen LogP contribution in [0.3, 0.4) is 0 Å². The van der Waals surface area contributed by atoms with E-state index in [4.69, 9.17) is 4.74 Å². The van der Waals surface area contributed by atoms with Crippen LogP contribution in [0.15, 0.2) is 0 Å². The first-order valence-electron chi connectivity index (χ1n) is 13.7. The zero-order valence-electron chi connectivity index (χ0n) is 22.1. The van der Waals surface area contributed by atoms with Crippen LogP contribution in [0.2, 0.25) is 0 Å². The third-order valence-electron chi connectivity index (χ3n) is 8.74. The number of likely N-dealkylation sites (N-methyl/N-ethyl adjacent to an activating group) is 1. The summed E-state index contributed by atoms with van der Waals surface area (Å²) in [5, 5.41) is 0. The number of hydrogen-bond donors (Lipinski definition) is 0. The first kappa shape index (κ1) is 30.5. The first-order chi connectivity index (χ1) is 17.4. The quantitative estimate of drug-likeness (QED) is 0.375. The molecular weight excluding hydrogens is 500 g/mol. The summed E-state index contributed by atoms with van der Waals surface area (Å²) >= 11 is 0. The number of carbonyl (C=O) groups excluding carboxylic acids is 1. The lowest BCUT2D eigenvalue weighted by molar-refractivity contribution is -0.229. The van der Waals surface area contributed by atoms with Crippen molar-refractivity contribution in [1.82, 2.24) is 14.7 Å². The van der Waals surface area contributed by atoms with Crippen LogP contribution in [0.1, 0.15) is 57.8 Å². The summed E-state index contributed by atoms with van der Waals surface area (Å²) in [5.74, 6) is -4.41. The number of halogens is 6. The topological polar surface area (TPSA) is 36.0 Å². The molecule has 37 heavy (non-hydrogen) atoms. The number of piperazine rings is 1. The predicted molar refractivity (Wildman–Crippen MR) is 129 cm³/mol. The van der Waals surface area contributed by atoms with Gasteiger partial charge in [0.1, 0.15) is 0 Å². The molecule has 3 fully saturated rings. The lowest BCUT2D eigenvalue weighted by atomic mass is 9.73. The largest absolute Gasteiger partial charge is 0.391 e. The second-order valence-electron chi connectivity index (χ2n) is 11.3. The van der Waals surface area contributed by atoms with Crippen molar-refractivity contribution in [3.63, 3.8) is 0 Å². The average Bonchev–Trinajstić information content (AvgIpc) is 2.86. The van der Waals surface area contributed by atoms with Gasteiger partial charge in [-0.25, -0.2) is 0 Å². The number of ether oxygens (including phenoxy) is 1. The highest BCUT2D eigenvalue weighted by Gasteiger charge is 2.51. The molecule has 3 unspecified atom stereocenters. The van der Waals surface area contributed by atoms with Crippen LogP contribution in [0.25, 0.3) is 0 Å². The van der Waals surface area contributed by atoms with E-state index in [1.807, 2.05) is 0 Å². The Balaban J connectivity index is 1.63. The molecule has 1 saturated heterocycles. The molecule has 3 aliphatic rings. The van der Waals surface area contributed by atoms with Gasteiger partial charge in [0.25, 0.3) is 0 Å². The molecule has 2 aliphatic carbocycles. The van der Waals surface area contributed by atoms with Crippen molar-refractivity contribution in [1.29, 1.82) is 0 Å². The fraction of sp³-hybridized carbons (Fsp3) is 0.962. The molecule has 3 rings (SSSR count). The van der Waals surface area contributed by atoms with Gasteiger partial charge in [0.2, 0.25) is 5.91 Å². The Morgan fingerprint density at radius 3 is 2.00 bits per heavy atom. The third kappa shape index (κ3) is 8.71. The summed E-state index contributed by atoms with van der Waals surface area (Å²) in [6.45, 7) is 4.86. The molecular formula is C26H43F6N3O2. The molecule has 2 saturated carbocycles. The summed E-state index contributed by atoms with van der Waals surface area (Å²) in [7, 11) is 3.32. The normalized spacial score (nSPS) is 28.3. The lowest BCUT2D eigenvalue weighted by Gasteiger charge is -2.44. The number of alkyl halides is 6. The smallest absolute Gasteiger partial charge is 0.383 e. The maximum Gasteiger partial charge on any atom is 0.391 e. The monoisotopic (exact) mass is 543 g/mol. The lowest BCUT2D eigenvalue weighted by Crippen LogP contribution is -2.58. The Hall–Kier alpha value is -1.07. The van der Waals surface area contributed by atoms with Crippen LogP contribution >= 0.6 is 0 Å². The molecule has 0 aromatic rings. The molecule has 1 aliphatic heterocycles. The highest BCUT2D eigenvalue weighted by Crippen LogP contribution is 2.48. The first-order valence-corrected chi connectivity index (χ1v) is 13.7. The van der Waals surface area contributed by atoms with Crippen molar-refractivity contribution < 1.29 is 35.9 Å². The van der Waals surface area contributed by atoms with Crippen LogP contribution < -0.4 is 0 Å². The van der Waals surface area contributed by atoms with Gasteiger partial charge in [-0.15, -0.1) is 0 Å². The van der Waals surface area contributed by atoms with E-state index in [9.17, 15) is 31.1 Å². The third-order valence-corrected chi connectivity index (χ3v) is 8.74. The fourth-order valence-electron chi connectivity index (χ4n) is 6.51. The standard InChI is InChI=1S/C26H43F6N3O2/c1-33(9-8-19-16-21(25(27,28)29)18-22(17-19)26(30,31)32)24(36)23(20-6-4-3-5-7-20)35-12-10-34(11-13-35)14-15-37-2/h19-23H,3-18H2,1-2H3. The number of hydrogen-bond acceptors (Lipinski definition) is 4. The van der Waals surface area contributed by atoms with E-state index in [-0.39, 0.29) is 43.7 Å². The Kier molecular flexibility index (Phi) is 11.0. The van der Waals surface area contributed by atoms with E-state index in [1.54, 1.807) is 19.1 Å². The van der Waals surface area contributed by atoms with Gasteiger partial charge < -0.3 is 9.64 Å². The second kappa shape index (κ2) is 13.3. The summed E-state index contributed by atoms with van der Waals surface area (Å²) in [5.41, 5.74) is 0. The maximum atomic E-state index is 13.7. The summed E-state index contributed by atoms with van der Waals surface area (Å²) in [6, 6.07) is -0.285. The van der Waals surface area contributed by atoms with Crippen molar-refractivity contribution in [3.05, 3.63) is 0 Å². The van der Waals surface area contributed by atoms with Crippen molar-refractivity contribution in [2.45, 2.75) is 76.2 Å². The predicted octanol–water partition coefficient (Wildman–Crippen LogP) is 5.20. The van der Waals surface area contributed by atoms with E-state index in [1.165, 1.54) is 0 Å². The summed E-state index contributed by atoms with van der Waals surface area (Å²) < 4.78 is 85.4. The van der Waals surface area contributed by atoms with E-state index in [0.29, 0.717) is 6.61 Å². The number of methoxy groups -OCH3 is 1. The van der Waals surface area contributed by atoms with Gasteiger partial charge in [-0.2, -0.15) is 26.3 Å². The Bertz CT molecular complexity index is 683. The molecule has 0 aromatic heterocycles. The van der Waals surface area contributed by atoms with Crippen LogP contribution in [0.5, 0.6) is 0 Å². The average molecular weight is 544 g/mol. The zero-order valence-corrected chi connectivity index (χ0v) is 22.1. The van der Waals surface area contributed by atoms with E-state index >= 15 is 0 Å². The molecule has 216 valence electrons. The van der Waals surface area contributed by atoms with Gasteiger partial charge in [0.15, 0.2) is 0 Å². The highest BCUT2D eigenvalue weighted by molar-refractivity contribution is 5.82. The minimum atomic E-state index is -4.64. The van der Waals surface area contributed by atoms with E-state index in [2.05, 4.69) is 9.80 Å². The minimum absolute atomic E-state index is 0.0483.